The van der Waals surface area contributed by atoms with Crippen LogP contribution in [0.1, 0.15) is 30.3 Å². The molecule has 0 aliphatic carbocycles. The Hall–Kier alpha value is -1.36. The zero-order chi connectivity index (χ0) is 10.8. The number of aromatic nitrogens is 2. The number of aryl methyl sites for hydroxylation is 1. The number of aliphatic carboxylic acids is 1. The van der Waals surface area contributed by atoms with Gasteiger partial charge >= 0.3 is 5.97 Å². The van der Waals surface area contributed by atoms with E-state index in [1.54, 1.807) is 6.33 Å². The first-order valence-electron chi connectivity index (χ1n) is 5.17. The average molecular weight is 209 g/mol. The average Bonchev–Trinajstić information content (AvgIpc) is 2.79. The number of nitrogens with one attached hydrogen (secondary N) is 1. The Kier molecular flexibility index (Phi) is 2.73. The number of hydrogen-bond donors (Lipinski definition) is 2. The first-order valence-corrected chi connectivity index (χ1v) is 5.17. The fraction of sp³-hybridized carbons (Fsp3) is 0.600. The number of aromatic amines is 1. The maximum absolute atomic E-state index is 11.2. The lowest BCUT2D eigenvalue weighted by Crippen LogP contribution is -2.32. The van der Waals surface area contributed by atoms with E-state index in [0.29, 0.717) is 5.69 Å². The summed E-state index contributed by atoms with van der Waals surface area (Å²) >= 11 is 0. The molecule has 1 aromatic heterocycles. The number of likely N-dealkylation sites (tertiary alicyclic amines) is 1. The summed E-state index contributed by atoms with van der Waals surface area (Å²) in [5.41, 5.74) is 1.48. The second kappa shape index (κ2) is 4.02. The van der Waals surface area contributed by atoms with Crippen molar-refractivity contribution in [3.8, 4) is 0 Å². The van der Waals surface area contributed by atoms with Crippen molar-refractivity contribution in [1.82, 2.24) is 14.9 Å². The molecule has 0 radical (unpaired) electrons. The monoisotopic (exact) mass is 209 g/mol. The number of carbonyl (C=O) groups is 1. The summed E-state index contributed by atoms with van der Waals surface area (Å²) in [4.78, 5) is 20.2. The lowest BCUT2D eigenvalue weighted by molar-refractivity contribution is -0.143. The van der Waals surface area contributed by atoms with Crippen molar-refractivity contribution in [1.29, 1.82) is 0 Å². The topological polar surface area (TPSA) is 69.2 Å². The van der Waals surface area contributed by atoms with Gasteiger partial charge in [-0.15, -0.1) is 0 Å². The number of hydrogen-bond acceptors (Lipinski definition) is 3. The molecule has 0 amide bonds. The fourth-order valence-electron chi connectivity index (χ4n) is 2.09. The number of carboxylic acid groups (broad SMARTS) is 1. The van der Waals surface area contributed by atoms with Crippen molar-refractivity contribution in [3.63, 3.8) is 0 Å². The lowest BCUT2D eigenvalue weighted by Gasteiger charge is -2.22. The molecule has 0 aromatic carbocycles. The molecular formula is C10H15N3O2. The Morgan fingerprint density at radius 2 is 2.27 bits per heavy atom. The van der Waals surface area contributed by atoms with Crippen LogP contribution in [0.3, 0.4) is 0 Å². The van der Waals surface area contributed by atoms with Gasteiger partial charge in [-0.25, -0.2) is 4.98 Å². The van der Waals surface area contributed by atoms with Crippen LogP contribution < -0.4 is 0 Å². The van der Waals surface area contributed by atoms with E-state index in [9.17, 15) is 9.90 Å². The van der Waals surface area contributed by atoms with Crippen LogP contribution >= 0.6 is 0 Å². The normalized spacial score (nSPS) is 19.3. The molecule has 2 N–H and O–H groups in total. The Labute approximate surface area is 88.1 Å². The van der Waals surface area contributed by atoms with Crippen LogP contribution in [0.15, 0.2) is 6.33 Å². The molecule has 82 valence electrons. The third-order valence-corrected chi connectivity index (χ3v) is 2.87. The number of nitrogens with zero attached hydrogens (tertiary/aromatic N) is 2. The highest BCUT2D eigenvalue weighted by molar-refractivity contribution is 5.75. The van der Waals surface area contributed by atoms with Gasteiger partial charge in [0.2, 0.25) is 0 Å². The molecule has 1 aromatic rings. The highest BCUT2D eigenvalue weighted by atomic mass is 16.4. The van der Waals surface area contributed by atoms with Gasteiger partial charge in [0.15, 0.2) is 6.04 Å². The molecule has 5 heteroatoms. The van der Waals surface area contributed by atoms with Crippen LogP contribution in [-0.4, -0.2) is 39.0 Å². The first kappa shape index (κ1) is 10.2. The third kappa shape index (κ3) is 1.87. The third-order valence-electron chi connectivity index (χ3n) is 2.87. The quantitative estimate of drug-likeness (QED) is 0.777. The second-order valence-electron chi connectivity index (χ2n) is 3.90. The molecular weight excluding hydrogens is 194 g/mol. The molecule has 1 aliphatic rings. The number of H-pyrrole nitrogens is 1. The van der Waals surface area contributed by atoms with Crippen LogP contribution in [0.25, 0.3) is 0 Å². The van der Waals surface area contributed by atoms with Gasteiger partial charge in [-0.05, 0) is 32.9 Å². The van der Waals surface area contributed by atoms with Gasteiger partial charge in [0.25, 0.3) is 0 Å². The largest absolute Gasteiger partial charge is 0.480 e. The molecule has 2 heterocycles. The van der Waals surface area contributed by atoms with Crippen LogP contribution in [-0.2, 0) is 4.79 Å². The Morgan fingerprint density at radius 1 is 1.60 bits per heavy atom. The number of imidazole rings is 1. The van der Waals surface area contributed by atoms with Crippen molar-refractivity contribution in [2.24, 2.45) is 0 Å². The van der Waals surface area contributed by atoms with E-state index >= 15 is 0 Å². The maximum Gasteiger partial charge on any atom is 0.327 e. The predicted molar refractivity (Wildman–Crippen MR) is 54.5 cm³/mol. The van der Waals surface area contributed by atoms with Gasteiger partial charge in [-0.1, -0.05) is 0 Å². The minimum atomic E-state index is -0.813. The first-order chi connectivity index (χ1) is 7.20. The molecule has 0 saturated carbocycles. The van der Waals surface area contributed by atoms with E-state index in [1.807, 2.05) is 11.8 Å². The van der Waals surface area contributed by atoms with Crippen molar-refractivity contribution in [2.75, 3.05) is 13.1 Å². The van der Waals surface area contributed by atoms with Gasteiger partial charge < -0.3 is 10.1 Å². The predicted octanol–water partition coefficient (Wildman–Crippen LogP) is 0.940. The minimum absolute atomic E-state index is 0.584. The van der Waals surface area contributed by atoms with Gasteiger partial charge in [0.1, 0.15) is 0 Å². The highest BCUT2D eigenvalue weighted by Crippen LogP contribution is 2.25. The van der Waals surface area contributed by atoms with E-state index in [1.165, 1.54) is 0 Å². The number of carboxylic acids is 1. The summed E-state index contributed by atoms with van der Waals surface area (Å²) in [5, 5.41) is 9.23. The molecule has 2 rings (SSSR count). The van der Waals surface area contributed by atoms with E-state index in [0.717, 1.165) is 31.6 Å². The van der Waals surface area contributed by atoms with Crippen molar-refractivity contribution >= 4 is 5.97 Å². The van der Waals surface area contributed by atoms with E-state index in [-0.39, 0.29) is 0 Å². The fourth-order valence-corrected chi connectivity index (χ4v) is 2.09. The van der Waals surface area contributed by atoms with Crippen molar-refractivity contribution < 1.29 is 9.90 Å². The Morgan fingerprint density at radius 3 is 2.73 bits per heavy atom. The summed E-state index contributed by atoms with van der Waals surface area (Å²) in [7, 11) is 0. The van der Waals surface area contributed by atoms with E-state index in [4.69, 9.17) is 0 Å². The summed E-state index contributed by atoms with van der Waals surface area (Å²) < 4.78 is 0. The number of rotatable bonds is 3. The van der Waals surface area contributed by atoms with Crippen LogP contribution in [0.5, 0.6) is 0 Å². The molecule has 1 atom stereocenters. The minimum Gasteiger partial charge on any atom is -0.480 e. The van der Waals surface area contributed by atoms with Gasteiger partial charge in [-0.3, -0.25) is 9.69 Å². The summed E-state index contributed by atoms with van der Waals surface area (Å²) in [6.45, 7) is 3.56. The molecule has 5 nitrogen and oxygen atoms in total. The summed E-state index contributed by atoms with van der Waals surface area (Å²) in [6.07, 6.45) is 3.71. The molecule has 1 saturated heterocycles. The van der Waals surface area contributed by atoms with Crippen LogP contribution in [0.2, 0.25) is 0 Å². The Bertz CT molecular complexity index is 355. The zero-order valence-corrected chi connectivity index (χ0v) is 8.73. The molecule has 0 bridgehead atoms. The highest BCUT2D eigenvalue weighted by Gasteiger charge is 2.32. The van der Waals surface area contributed by atoms with Crippen molar-refractivity contribution in [3.05, 3.63) is 17.7 Å². The molecule has 1 fully saturated rings. The molecule has 1 unspecified atom stereocenters. The van der Waals surface area contributed by atoms with Crippen molar-refractivity contribution in [2.45, 2.75) is 25.8 Å². The summed E-state index contributed by atoms with van der Waals surface area (Å²) in [6, 6.07) is -0.584. The smallest absolute Gasteiger partial charge is 0.327 e. The molecule has 0 spiro atoms. The van der Waals surface area contributed by atoms with Crippen LogP contribution in [0, 0.1) is 6.92 Å². The lowest BCUT2D eigenvalue weighted by atomic mass is 10.1. The maximum atomic E-state index is 11.2. The second-order valence-corrected chi connectivity index (χ2v) is 3.90. The summed E-state index contributed by atoms with van der Waals surface area (Å²) in [5.74, 6) is -0.813. The van der Waals surface area contributed by atoms with Gasteiger partial charge in [0.05, 0.1) is 12.0 Å². The standard InChI is InChI=1S/C10H15N3O2/c1-7-8(12-6-11-7)9(10(14)15)13-4-2-3-5-13/h6,9H,2-5H2,1H3,(H,11,12)(H,14,15). The molecule has 1 aliphatic heterocycles. The zero-order valence-electron chi connectivity index (χ0n) is 8.73. The van der Waals surface area contributed by atoms with E-state index in [2.05, 4.69) is 9.97 Å². The van der Waals surface area contributed by atoms with Gasteiger partial charge in [0, 0.05) is 5.69 Å². The SMILES string of the molecule is Cc1[nH]cnc1C(C(=O)O)N1CCCC1. The Balaban J connectivity index is 2.27. The molecule has 15 heavy (non-hydrogen) atoms. The van der Waals surface area contributed by atoms with Crippen LogP contribution in [0.4, 0.5) is 0 Å². The van der Waals surface area contributed by atoms with E-state index < -0.39 is 12.0 Å². The van der Waals surface area contributed by atoms with Gasteiger partial charge in [-0.2, -0.15) is 0 Å².